The molecular weight excluding hydrogens is 181 g/mol. The molecule has 0 rings (SSSR count). The van der Waals surface area contributed by atoms with Crippen LogP contribution in [0.15, 0.2) is 0 Å². The van der Waals surface area contributed by atoms with Crippen molar-refractivity contribution in [2.24, 2.45) is 0 Å². The van der Waals surface area contributed by atoms with E-state index in [1.54, 1.807) is 0 Å². The first-order chi connectivity index (χ1) is 3.85. The van der Waals surface area contributed by atoms with Crippen LogP contribution in [0.3, 0.4) is 0 Å². The maximum absolute atomic E-state index is 2.63. The molecule has 0 saturated heterocycles. The topological polar surface area (TPSA) is 3.24 Å². The molecule has 0 aliphatic rings. The molecule has 0 saturated carbocycles. The van der Waals surface area contributed by atoms with E-state index in [1.807, 2.05) is 0 Å². The molecule has 0 aromatic rings. The first-order valence-corrected chi connectivity index (χ1v) is 9.86. The first-order valence-electron chi connectivity index (χ1n) is 3.58. The molecule has 0 aromatic heterocycles. The first kappa shape index (κ1) is 14.5. The fourth-order valence-electron chi connectivity index (χ4n) is 0.775. The molecule has 0 aliphatic carbocycles. The summed E-state index contributed by atoms with van der Waals surface area (Å²) in [5.41, 5.74) is 0. The molecule has 0 aromatic carbocycles. The van der Waals surface area contributed by atoms with Crippen molar-refractivity contribution in [3.05, 3.63) is 0 Å². The zero-order chi connectivity index (χ0) is 7.65. The zero-order valence-corrected chi connectivity index (χ0v) is 13.8. The average molecular weight is 202 g/mol. The van der Waals surface area contributed by atoms with Crippen LogP contribution < -0.4 is 51.4 Å². The normalized spacial score (nSPS) is 12.0. The van der Waals surface area contributed by atoms with E-state index in [4.69, 9.17) is 0 Å². The van der Waals surface area contributed by atoms with Crippen molar-refractivity contribution in [1.82, 2.24) is 4.23 Å². The smallest absolute Gasteiger partial charge is 1.00 e. The van der Waals surface area contributed by atoms with Gasteiger partial charge in [-0.15, -0.1) is 0 Å². The molecule has 0 unspecified atom stereocenters. The Hall–Kier alpha value is 2.03. The molecule has 0 N–H and O–H groups in total. The number of hydrogen-bond donors (Lipinski definition) is 0. The molecule has 0 bridgehead atoms. The van der Waals surface area contributed by atoms with Crippen LogP contribution in [0.1, 0.15) is 1.43 Å². The van der Waals surface area contributed by atoms with Gasteiger partial charge in [-0.2, -0.15) is 0 Å². The van der Waals surface area contributed by atoms with Crippen molar-refractivity contribution < 1.29 is 52.8 Å². The Morgan fingerprint density at radius 1 is 1.20 bits per heavy atom. The fourth-order valence-corrected chi connectivity index (χ4v) is 6.97. The summed E-state index contributed by atoms with van der Waals surface area (Å²) in [6.45, 7) is 12.0. The van der Waals surface area contributed by atoms with E-state index in [0.717, 1.165) is 0 Å². The summed E-state index contributed by atoms with van der Waals surface area (Å²) in [6.07, 6.45) is 0. The number of rotatable bonds is 2. The van der Waals surface area contributed by atoms with Gasteiger partial charge in [-0.1, -0.05) is 32.7 Å². The average Bonchev–Trinajstić information content (AvgIpc) is 1.62. The third-order valence-corrected chi connectivity index (χ3v) is 9.37. The van der Waals surface area contributed by atoms with Gasteiger partial charge in [0, 0.05) is 0 Å². The van der Waals surface area contributed by atoms with Crippen LogP contribution in [0.5, 0.6) is 0 Å². The Morgan fingerprint density at radius 2 is 1.50 bits per heavy atom. The zero-order valence-electron chi connectivity index (χ0n) is 9.52. The quantitative estimate of drug-likeness (QED) is 0.510. The van der Waals surface area contributed by atoms with E-state index >= 15 is 0 Å². The van der Waals surface area contributed by atoms with Gasteiger partial charge in [0.15, 0.2) is 0 Å². The fraction of sp³-hybridized carbons (Fsp3) is 1.00. The van der Waals surface area contributed by atoms with Crippen LogP contribution in [0.25, 0.3) is 0 Å². The predicted octanol–water partition coefficient (Wildman–Crippen LogP) is -1.15. The van der Waals surface area contributed by atoms with Crippen molar-refractivity contribution in [2.45, 2.75) is 32.7 Å². The summed E-state index contributed by atoms with van der Waals surface area (Å²) in [4.78, 5) is 0. The summed E-state index contributed by atoms with van der Waals surface area (Å²) >= 11 is 0. The summed E-state index contributed by atoms with van der Waals surface area (Å²) in [5, 5.41) is 0. The largest absolute Gasteiger partial charge is 1.00 e. The van der Waals surface area contributed by atoms with Gasteiger partial charge >= 0.3 is 51.4 Å². The number of hydrogen-bond acceptors (Lipinski definition) is 1. The second-order valence-electron chi connectivity index (χ2n) is 3.88. The minimum absolute atomic E-state index is 0. The molecule has 4 heteroatoms. The van der Waals surface area contributed by atoms with Crippen LogP contribution in [0.4, 0.5) is 0 Å². The molecule has 10 heavy (non-hydrogen) atoms. The van der Waals surface area contributed by atoms with E-state index < -0.39 is 17.2 Å². The van der Waals surface area contributed by atoms with E-state index in [1.165, 1.54) is 0 Å². The maximum atomic E-state index is 2.63. The van der Waals surface area contributed by atoms with Gasteiger partial charge in [-0.25, -0.2) is 0 Å². The molecule has 0 amide bonds. The minimum atomic E-state index is -0.929. The Balaban J connectivity index is -0.000000320. The van der Waals surface area contributed by atoms with Gasteiger partial charge in [0.1, 0.15) is 8.24 Å². The third-order valence-electron chi connectivity index (χ3n) is 1.83. The van der Waals surface area contributed by atoms with Crippen molar-refractivity contribution in [3.63, 3.8) is 0 Å². The molecule has 0 aliphatic heterocycles. The van der Waals surface area contributed by atoms with Gasteiger partial charge in [0.2, 0.25) is 0 Å². The number of nitrogens with zero attached hydrogens (tertiary/aromatic N) is 1. The van der Waals surface area contributed by atoms with E-state index in [2.05, 4.69) is 44.0 Å². The van der Waals surface area contributed by atoms with Crippen LogP contribution in [-0.4, -0.2) is 28.5 Å². The Kier molecular flexibility index (Phi) is 8.20. The summed E-state index contributed by atoms with van der Waals surface area (Å²) < 4.78 is 2.63. The Morgan fingerprint density at radius 3 is 1.50 bits per heavy atom. The molecule has 0 spiro atoms. The molecule has 1 nitrogen and oxygen atoms in total. The van der Waals surface area contributed by atoms with E-state index in [9.17, 15) is 0 Å². The molecular formula is C6H20KNSi2. The summed E-state index contributed by atoms with van der Waals surface area (Å²) in [6, 6.07) is 0. The second-order valence-corrected chi connectivity index (χ2v) is 12.4. The molecule has 58 valence electrons. The van der Waals surface area contributed by atoms with Gasteiger partial charge < -0.3 is 5.66 Å². The van der Waals surface area contributed by atoms with E-state index in [0.29, 0.717) is 0 Å². The second kappa shape index (κ2) is 5.64. The third kappa shape index (κ3) is 5.65. The SMILES string of the molecule is CN([SiH](C)C)[Si](C)(C)C.[H-].[K+]. The van der Waals surface area contributed by atoms with Crippen molar-refractivity contribution in [1.29, 1.82) is 0 Å². The van der Waals surface area contributed by atoms with Crippen molar-refractivity contribution >= 4 is 17.2 Å². The van der Waals surface area contributed by atoms with Gasteiger partial charge in [-0.3, -0.25) is 0 Å². The van der Waals surface area contributed by atoms with Gasteiger partial charge in [-0.05, 0) is 7.05 Å². The molecule has 0 fully saturated rings. The maximum Gasteiger partial charge on any atom is 1.00 e. The summed E-state index contributed by atoms with van der Waals surface area (Å²) in [7, 11) is 0.858. The monoisotopic (exact) mass is 201 g/mol. The Bertz CT molecular complexity index is 95.1. The van der Waals surface area contributed by atoms with Crippen molar-refractivity contribution in [3.8, 4) is 0 Å². The minimum Gasteiger partial charge on any atom is -1.00 e. The van der Waals surface area contributed by atoms with Crippen LogP contribution >= 0.6 is 0 Å². The standard InChI is InChI=1S/C6H19NSi2.K.H/c1-7(8(2)3)9(4,5)6;;/h8H,1-6H3;;/q;+1;-1. The molecule has 0 radical (unpaired) electrons. The molecule has 0 heterocycles. The van der Waals surface area contributed by atoms with Crippen LogP contribution in [0, 0.1) is 0 Å². The molecule has 0 atom stereocenters. The Labute approximate surface area is 112 Å². The predicted molar refractivity (Wildman–Crippen MR) is 51.1 cm³/mol. The van der Waals surface area contributed by atoms with E-state index in [-0.39, 0.29) is 52.8 Å². The van der Waals surface area contributed by atoms with Crippen LogP contribution in [-0.2, 0) is 0 Å². The summed E-state index contributed by atoms with van der Waals surface area (Å²) in [5.74, 6) is 0. The van der Waals surface area contributed by atoms with Gasteiger partial charge in [0.25, 0.3) is 0 Å². The van der Waals surface area contributed by atoms with Crippen molar-refractivity contribution in [2.75, 3.05) is 7.05 Å². The van der Waals surface area contributed by atoms with Gasteiger partial charge in [0.05, 0.1) is 8.96 Å². The van der Waals surface area contributed by atoms with Crippen LogP contribution in [0.2, 0.25) is 32.7 Å².